The number of halogens is 1. The van der Waals surface area contributed by atoms with Crippen molar-refractivity contribution in [2.24, 2.45) is 5.92 Å². The molecule has 1 aromatic heterocycles. The van der Waals surface area contributed by atoms with Crippen LogP contribution in [0.5, 0.6) is 0 Å². The molecule has 3 N–H and O–H groups in total. The predicted octanol–water partition coefficient (Wildman–Crippen LogP) is 2.27. The molecule has 0 radical (unpaired) electrons. The maximum atomic E-state index is 13.0. The van der Waals surface area contributed by atoms with Gasteiger partial charge in [-0.15, -0.1) is 0 Å². The van der Waals surface area contributed by atoms with Crippen LogP contribution in [0.4, 0.5) is 17.5 Å². The van der Waals surface area contributed by atoms with Crippen LogP contribution in [0.25, 0.3) is 0 Å². The lowest BCUT2D eigenvalue weighted by Gasteiger charge is -2.32. The van der Waals surface area contributed by atoms with Crippen molar-refractivity contribution in [1.29, 1.82) is 0 Å². The summed E-state index contributed by atoms with van der Waals surface area (Å²) in [5, 5.41) is 5.84. The van der Waals surface area contributed by atoms with Gasteiger partial charge in [0.15, 0.2) is 0 Å². The number of nitrogens with zero attached hydrogens (tertiary/aromatic N) is 2. The van der Waals surface area contributed by atoms with Crippen molar-refractivity contribution in [3.05, 3.63) is 45.2 Å². The molecule has 11 heteroatoms. The Labute approximate surface area is 194 Å². The molecule has 1 fully saturated rings. The van der Waals surface area contributed by atoms with Crippen molar-refractivity contribution >= 4 is 46.8 Å². The molecular weight excluding hydrogens is 450 g/mol. The number of anilines is 3. The summed E-state index contributed by atoms with van der Waals surface area (Å²) >= 11 is 5.88. The first-order valence-electron chi connectivity index (χ1n) is 10.8. The Balaban J connectivity index is 1.59. The van der Waals surface area contributed by atoms with E-state index in [0.717, 1.165) is 6.42 Å². The van der Waals surface area contributed by atoms with Gasteiger partial charge in [0.1, 0.15) is 5.82 Å². The third-order valence-corrected chi connectivity index (χ3v) is 5.96. The van der Waals surface area contributed by atoms with E-state index in [2.05, 4.69) is 20.6 Å². The van der Waals surface area contributed by atoms with E-state index in [1.165, 1.54) is 0 Å². The SMILES string of the molecule is CCOC(=O)[C@H]1CCCN(c2nc3c(c(=O)[nH]2)[C@@H](C(=O)Nc2ccc(Cl)cc2)CC(=O)N3)C1. The van der Waals surface area contributed by atoms with Crippen molar-refractivity contribution in [3.8, 4) is 0 Å². The van der Waals surface area contributed by atoms with Gasteiger partial charge in [-0.1, -0.05) is 11.6 Å². The number of esters is 1. The zero-order valence-corrected chi connectivity index (χ0v) is 18.8. The van der Waals surface area contributed by atoms with Crippen molar-refractivity contribution in [3.63, 3.8) is 0 Å². The number of nitrogens with one attached hydrogen (secondary N) is 3. The quantitative estimate of drug-likeness (QED) is 0.567. The average molecular weight is 474 g/mol. The minimum Gasteiger partial charge on any atom is -0.466 e. The van der Waals surface area contributed by atoms with E-state index >= 15 is 0 Å². The second-order valence-electron chi connectivity index (χ2n) is 7.99. The molecule has 2 aliphatic heterocycles. The molecule has 0 bridgehead atoms. The van der Waals surface area contributed by atoms with E-state index in [0.29, 0.717) is 36.8 Å². The normalized spacial score (nSPS) is 19.9. The number of carbonyl (C=O) groups is 3. The third-order valence-electron chi connectivity index (χ3n) is 5.71. The second-order valence-corrected chi connectivity index (χ2v) is 8.43. The highest BCUT2D eigenvalue weighted by Gasteiger charge is 2.36. The molecule has 1 aromatic carbocycles. The Morgan fingerprint density at radius 2 is 2.03 bits per heavy atom. The van der Waals surface area contributed by atoms with E-state index in [-0.39, 0.29) is 35.6 Å². The van der Waals surface area contributed by atoms with Gasteiger partial charge >= 0.3 is 5.97 Å². The van der Waals surface area contributed by atoms with E-state index in [4.69, 9.17) is 16.3 Å². The maximum absolute atomic E-state index is 13.0. The Bertz CT molecular complexity index is 1130. The Morgan fingerprint density at radius 3 is 2.76 bits per heavy atom. The topological polar surface area (TPSA) is 133 Å². The second kappa shape index (κ2) is 9.62. The molecule has 1 saturated heterocycles. The van der Waals surface area contributed by atoms with Crippen LogP contribution in [0.1, 0.15) is 37.7 Å². The molecule has 2 aromatic rings. The Kier molecular flexibility index (Phi) is 6.64. The van der Waals surface area contributed by atoms with E-state index < -0.39 is 23.3 Å². The van der Waals surface area contributed by atoms with Gasteiger partial charge in [0.2, 0.25) is 17.8 Å². The highest BCUT2D eigenvalue weighted by molar-refractivity contribution is 6.30. The van der Waals surface area contributed by atoms with Crippen LogP contribution in [0.15, 0.2) is 29.1 Å². The van der Waals surface area contributed by atoms with Gasteiger partial charge in [-0.05, 0) is 44.0 Å². The molecule has 2 atom stereocenters. The number of hydrogen-bond acceptors (Lipinski definition) is 7. The molecule has 0 unspecified atom stereocenters. The predicted molar refractivity (Wildman–Crippen MR) is 122 cm³/mol. The number of aromatic amines is 1. The van der Waals surface area contributed by atoms with Crippen LogP contribution >= 0.6 is 11.6 Å². The lowest BCUT2D eigenvalue weighted by molar-refractivity contribution is -0.148. The number of piperidine rings is 1. The largest absolute Gasteiger partial charge is 0.466 e. The standard InChI is InChI=1S/C22H24ClN5O5/c1-2-33-21(32)12-4-3-9-28(11-12)22-26-18-17(20(31)27-22)15(10-16(29)25-18)19(30)24-14-7-5-13(23)6-8-14/h5-8,12,15H,2-4,9-11H2,1H3,(H,24,30)(H2,25,26,27,29,31)/t12-,15-/m0/s1. The summed E-state index contributed by atoms with van der Waals surface area (Å²) in [6.45, 7) is 2.99. The van der Waals surface area contributed by atoms with Crippen molar-refractivity contribution in [2.75, 3.05) is 35.2 Å². The summed E-state index contributed by atoms with van der Waals surface area (Å²) in [6.07, 6.45) is 1.24. The van der Waals surface area contributed by atoms with Gasteiger partial charge in [0.05, 0.1) is 24.0 Å². The number of amides is 2. The molecule has 33 heavy (non-hydrogen) atoms. The van der Waals surface area contributed by atoms with E-state index in [1.54, 1.807) is 36.1 Å². The van der Waals surface area contributed by atoms with Gasteiger partial charge < -0.3 is 20.3 Å². The molecule has 2 amide bonds. The molecule has 2 aliphatic rings. The number of rotatable bonds is 5. The summed E-state index contributed by atoms with van der Waals surface area (Å²) in [5.74, 6) is -2.21. The fraction of sp³-hybridized carbons (Fsp3) is 0.409. The van der Waals surface area contributed by atoms with Gasteiger partial charge in [-0.2, -0.15) is 4.98 Å². The van der Waals surface area contributed by atoms with E-state index in [9.17, 15) is 19.2 Å². The number of benzene rings is 1. The zero-order chi connectivity index (χ0) is 23.5. The fourth-order valence-corrected chi connectivity index (χ4v) is 4.24. The van der Waals surface area contributed by atoms with Crippen molar-refractivity contribution in [2.45, 2.75) is 32.1 Å². The average Bonchev–Trinajstić information content (AvgIpc) is 2.80. The van der Waals surface area contributed by atoms with Gasteiger partial charge in [0, 0.05) is 30.2 Å². The number of H-pyrrole nitrogens is 1. The van der Waals surface area contributed by atoms with Crippen molar-refractivity contribution in [1.82, 2.24) is 9.97 Å². The summed E-state index contributed by atoms with van der Waals surface area (Å²) < 4.78 is 5.12. The summed E-state index contributed by atoms with van der Waals surface area (Å²) in [7, 11) is 0. The molecule has 0 saturated carbocycles. The van der Waals surface area contributed by atoms with Gasteiger partial charge in [-0.3, -0.25) is 24.2 Å². The van der Waals surface area contributed by atoms with Crippen LogP contribution in [0.3, 0.4) is 0 Å². The number of ether oxygens (including phenoxy) is 1. The summed E-state index contributed by atoms with van der Waals surface area (Å²) in [5.41, 5.74) is 0.0875. The van der Waals surface area contributed by atoms with Crippen LogP contribution in [0, 0.1) is 5.92 Å². The minimum absolute atomic E-state index is 0.0551. The number of hydrogen-bond donors (Lipinski definition) is 3. The maximum Gasteiger partial charge on any atom is 0.310 e. The zero-order valence-electron chi connectivity index (χ0n) is 18.0. The van der Waals surface area contributed by atoms with Crippen LogP contribution < -0.4 is 21.1 Å². The highest BCUT2D eigenvalue weighted by atomic mass is 35.5. The van der Waals surface area contributed by atoms with Crippen molar-refractivity contribution < 1.29 is 19.1 Å². The minimum atomic E-state index is -0.997. The lowest BCUT2D eigenvalue weighted by Crippen LogP contribution is -2.42. The Hall–Kier alpha value is -3.40. The monoisotopic (exact) mass is 473 g/mol. The molecular formula is C22H24ClN5O5. The van der Waals surface area contributed by atoms with Crippen LogP contribution in [-0.2, 0) is 19.1 Å². The molecule has 3 heterocycles. The fourth-order valence-electron chi connectivity index (χ4n) is 4.12. The molecule has 174 valence electrons. The molecule has 0 spiro atoms. The summed E-state index contributed by atoms with van der Waals surface area (Å²) in [4.78, 5) is 59.3. The van der Waals surface area contributed by atoms with Crippen LogP contribution in [-0.4, -0.2) is 47.4 Å². The first-order valence-corrected chi connectivity index (χ1v) is 11.2. The van der Waals surface area contributed by atoms with Gasteiger partial charge in [0.25, 0.3) is 5.56 Å². The number of fused-ring (bicyclic) bond motifs is 1. The molecule has 0 aliphatic carbocycles. The van der Waals surface area contributed by atoms with E-state index in [1.807, 2.05) is 0 Å². The molecule has 4 rings (SSSR count). The lowest BCUT2D eigenvalue weighted by atomic mass is 9.92. The van der Waals surface area contributed by atoms with Gasteiger partial charge in [-0.25, -0.2) is 0 Å². The molecule has 10 nitrogen and oxygen atoms in total. The summed E-state index contributed by atoms with van der Waals surface area (Å²) in [6, 6.07) is 6.51. The number of carbonyl (C=O) groups excluding carboxylic acids is 3. The third kappa shape index (κ3) is 5.00. The first kappa shape index (κ1) is 22.8. The Morgan fingerprint density at radius 1 is 1.27 bits per heavy atom. The smallest absolute Gasteiger partial charge is 0.310 e. The first-order chi connectivity index (χ1) is 15.9. The highest BCUT2D eigenvalue weighted by Crippen LogP contribution is 2.31. The van der Waals surface area contributed by atoms with Crippen LogP contribution in [0.2, 0.25) is 5.02 Å². The number of aromatic nitrogens is 2.